The molecule has 2 aromatic carbocycles. The van der Waals surface area contributed by atoms with Crippen molar-refractivity contribution in [2.45, 2.75) is 26.2 Å². The van der Waals surface area contributed by atoms with Crippen LogP contribution in [0.5, 0.6) is 0 Å². The van der Waals surface area contributed by atoms with Crippen molar-refractivity contribution in [3.63, 3.8) is 0 Å². The first-order chi connectivity index (χ1) is 14.1. The third-order valence-electron chi connectivity index (χ3n) is 4.30. The van der Waals surface area contributed by atoms with Gasteiger partial charge in [0.15, 0.2) is 5.11 Å². The van der Waals surface area contributed by atoms with Gasteiger partial charge in [0.25, 0.3) is 11.8 Å². The van der Waals surface area contributed by atoms with Crippen molar-refractivity contribution in [1.82, 2.24) is 16.2 Å². The molecule has 0 aliphatic carbocycles. The Morgan fingerprint density at radius 1 is 1.07 bits per heavy atom. The van der Waals surface area contributed by atoms with Gasteiger partial charge in [-0.25, -0.2) is 0 Å². The number of thiophene rings is 1. The quantitative estimate of drug-likeness (QED) is 0.303. The Balaban J connectivity index is 1.61. The van der Waals surface area contributed by atoms with E-state index in [-0.39, 0.29) is 16.4 Å². The van der Waals surface area contributed by atoms with E-state index in [0.29, 0.717) is 15.5 Å². The summed E-state index contributed by atoms with van der Waals surface area (Å²) in [6.07, 6.45) is 0. The van der Waals surface area contributed by atoms with Crippen molar-refractivity contribution in [3.05, 3.63) is 68.0 Å². The Kier molecular flexibility index (Phi) is 6.81. The van der Waals surface area contributed by atoms with Crippen molar-refractivity contribution in [2.75, 3.05) is 0 Å². The molecule has 1 aromatic heterocycles. The van der Waals surface area contributed by atoms with Crippen molar-refractivity contribution in [3.8, 4) is 0 Å². The molecule has 5 nitrogen and oxygen atoms in total. The van der Waals surface area contributed by atoms with Gasteiger partial charge in [-0.3, -0.25) is 25.8 Å². The van der Waals surface area contributed by atoms with E-state index in [2.05, 4.69) is 52.9 Å². The molecule has 156 valence electrons. The van der Waals surface area contributed by atoms with Gasteiger partial charge in [-0.1, -0.05) is 72.6 Å². The molecule has 3 N–H and O–H groups in total. The fourth-order valence-corrected chi connectivity index (χ4v) is 5.33. The maximum absolute atomic E-state index is 12.5. The van der Waals surface area contributed by atoms with Crippen molar-refractivity contribution in [1.29, 1.82) is 0 Å². The highest BCUT2D eigenvalue weighted by Gasteiger charge is 2.19. The molecule has 30 heavy (non-hydrogen) atoms. The molecule has 0 saturated carbocycles. The zero-order chi connectivity index (χ0) is 22.1. The van der Waals surface area contributed by atoms with Gasteiger partial charge in [-0.2, -0.15) is 0 Å². The zero-order valence-corrected chi connectivity index (χ0v) is 20.4. The third kappa shape index (κ3) is 5.00. The summed E-state index contributed by atoms with van der Waals surface area (Å²) >= 11 is 16.2. The number of benzene rings is 2. The number of fused-ring (bicyclic) bond motifs is 1. The molecule has 0 bridgehead atoms. The van der Waals surface area contributed by atoms with E-state index in [1.807, 2.05) is 30.3 Å². The lowest BCUT2D eigenvalue weighted by Crippen LogP contribution is -2.48. The van der Waals surface area contributed by atoms with E-state index in [9.17, 15) is 9.59 Å². The molecule has 9 heteroatoms. The van der Waals surface area contributed by atoms with Crippen molar-refractivity contribution >= 4 is 78.1 Å². The highest BCUT2D eigenvalue weighted by molar-refractivity contribution is 9.10. The van der Waals surface area contributed by atoms with Gasteiger partial charge >= 0.3 is 0 Å². The van der Waals surface area contributed by atoms with Crippen LogP contribution in [0.25, 0.3) is 10.1 Å². The average molecular weight is 525 g/mol. The number of carbonyl (C=O) groups is 2. The fourth-order valence-electron chi connectivity index (χ4n) is 2.80. The van der Waals surface area contributed by atoms with Gasteiger partial charge in [0.05, 0.1) is 5.02 Å². The summed E-state index contributed by atoms with van der Waals surface area (Å²) in [6, 6.07) is 12.9. The van der Waals surface area contributed by atoms with Crippen LogP contribution in [0.3, 0.4) is 0 Å². The van der Waals surface area contributed by atoms with Gasteiger partial charge in [-0.15, -0.1) is 11.3 Å². The molecule has 3 aromatic rings. The molecule has 0 aliphatic rings. The summed E-state index contributed by atoms with van der Waals surface area (Å²) in [7, 11) is 0. The zero-order valence-electron chi connectivity index (χ0n) is 16.4. The molecule has 0 saturated heterocycles. The van der Waals surface area contributed by atoms with Crippen LogP contribution in [0.2, 0.25) is 5.02 Å². The minimum Gasteiger partial charge on any atom is -0.298 e. The first-order valence-corrected chi connectivity index (χ1v) is 11.4. The molecular weight excluding hydrogens is 506 g/mol. The second kappa shape index (κ2) is 9.01. The number of rotatable bonds is 2. The maximum atomic E-state index is 12.5. The fraction of sp³-hybridized carbons (Fsp3) is 0.190. The van der Waals surface area contributed by atoms with E-state index in [4.69, 9.17) is 23.8 Å². The van der Waals surface area contributed by atoms with Crippen molar-refractivity contribution in [2.24, 2.45) is 0 Å². The topological polar surface area (TPSA) is 70.2 Å². The number of hydrogen-bond acceptors (Lipinski definition) is 4. The Labute approximate surface area is 197 Å². The molecular formula is C21H19BrClN3O2S2. The number of carbonyl (C=O) groups excluding carboxylic acids is 2. The standard InChI is InChI=1S/C21H19BrClN3O2S2/c1-21(2,3)13-9-8-11(10-14(13)22)18(27)24-20(29)26-25-19(28)17-16(23)12-6-4-5-7-15(12)30-17/h4-10H,1-3H3,(H,25,28)(H2,24,26,27,29). The lowest BCUT2D eigenvalue weighted by Gasteiger charge is -2.21. The minimum absolute atomic E-state index is 0.0263. The lowest BCUT2D eigenvalue weighted by molar-refractivity contribution is 0.0938. The predicted molar refractivity (Wildman–Crippen MR) is 130 cm³/mol. The molecule has 0 radical (unpaired) electrons. The molecule has 0 atom stereocenters. The Bertz CT molecular complexity index is 1150. The number of nitrogens with one attached hydrogen (secondary N) is 3. The Morgan fingerprint density at radius 2 is 1.77 bits per heavy atom. The van der Waals surface area contributed by atoms with Crippen LogP contribution < -0.4 is 16.2 Å². The van der Waals surface area contributed by atoms with Gasteiger partial charge in [0, 0.05) is 20.1 Å². The van der Waals surface area contributed by atoms with E-state index >= 15 is 0 Å². The molecule has 0 fully saturated rings. The van der Waals surface area contributed by atoms with Gasteiger partial charge in [0.2, 0.25) is 0 Å². The predicted octanol–water partition coefficient (Wildman–Crippen LogP) is 5.56. The van der Waals surface area contributed by atoms with Crippen LogP contribution in [0.1, 0.15) is 46.4 Å². The largest absolute Gasteiger partial charge is 0.298 e. The monoisotopic (exact) mass is 523 g/mol. The van der Waals surface area contributed by atoms with Crippen LogP contribution in [-0.2, 0) is 5.41 Å². The molecule has 1 heterocycles. The third-order valence-corrected chi connectivity index (χ3v) is 6.83. The smallest absolute Gasteiger partial charge is 0.281 e. The number of hydrazine groups is 1. The molecule has 0 aliphatic heterocycles. The molecule has 0 unspecified atom stereocenters. The molecule has 2 amide bonds. The van der Waals surface area contributed by atoms with Crippen LogP contribution in [0.15, 0.2) is 46.9 Å². The van der Waals surface area contributed by atoms with E-state index in [1.165, 1.54) is 11.3 Å². The highest BCUT2D eigenvalue weighted by Crippen LogP contribution is 2.35. The summed E-state index contributed by atoms with van der Waals surface area (Å²) in [5.41, 5.74) is 6.49. The van der Waals surface area contributed by atoms with Crippen LogP contribution >= 0.6 is 51.1 Å². The van der Waals surface area contributed by atoms with Gasteiger partial charge in [0.1, 0.15) is 4.88 Å². The second-order valence-corrected chi connectivity index (χ2v) is 10.2. The van der Waals surface area contributed by atoms with Crippen LogP contribution in [-0.4, -0.2) is 16.9 Å². The summed E-state index contributed by atoms with van der Waals surface area (Å²) < 4.78 is 1.75. The van der Waals surface area contributed by atoms with Crippen LogP contribution in [0, 0.1) is 0 Å². The van der Waals surface area contributed by atoms with Gasteiger partial charge < -0.3 is 0 Å². The normalized spacial score (nSPS) is 11.2. The highest BCUT2D eigenvalue weighted by atomic mass is 79.9. The van der Waals surface area contributed by atoms with E-state index in [0.717, 1.165) is 20.1 Å². The number of amides is 2. The first-order valence-electron chi connectivity index (χ1n) is 8.96. The summed E-state index contributed by atoms with van der Waals surface area (Å²) in [5, 5.41) is 3.72. The number of halogens is 2. The maximum Gasteiger partial charge on any atom is 0.281 e. The Morgan fingerprint density at radius 3 is 2.40 bits per heavy atom. The van der Waals surface area contributed by atoms with E-state index in [1.54, 1.807) is 12.1 Å². The molecule has 0 spiro atoms. The average Bonchev–Trinajstić information content (AvgIpc) is 3.02. The second-order valence-electron chi connectivity index (χ2n) is 7.55. The van der Waals surface area contributed by atoms with Gasteiger partial charge in [-0.05, 0) is 41.4 Å². The Hall–Kier alpha value is -2.00. The summed E-state index contributed by atoms with van der Waals surface area (Å²) in [4.78, 5) is 25.3. The molecule has 3 rings (SSSR count). The van der Waals surface area contributed by atoms with Crippen LogP contribution in [0.4, 0.5) is 0 Å². The number of thiocarbonyl (C=S) groups is 1. The lowest BCUT2D eigenvalue weighted by atomic mass is 9.86. The van der Waals surface area contributed by atoms with E-state index < -0.39 is 5.91 Å². The SMILES string of the molecule is CC(C)(C)c1ccc(C(=O)NC(=S)NNC(=O)c2sc3ccccc3c2Cl)cc1Br. The number of hydrogen-bond donors (Lipinski definition) is 3. The minimum atomic E-state index is -0.435. The summed E-state index contributed by atoms with van der Waals surface area (Å²) in [6.45, 7) is 6.28. The first kappa shape index (κ1) is 22.7. The summed E-state index contributed by atoms with van der Waals surface area (Å²) in [5.74, 6) is -0.821. The van der Waals surface area contributed by atoms with Crippen molar-refractivity contribution < 1.29 is 9.59 Å².